The van der Waals surface area contributed by atoms with E-state index in [9.17, 15) is 9.18 Å². The van der Waals surface area contributed by atoms with Crippen LogP contribution in [0.1, 0.15) is 21.5 Å². The molecule has 3 aromatic carbocycles. The lowest BCUT2D eigenvalue weighted by molar-refractivity contribution is 0.101. The Kier molecular flexibility index (Phi) is 5.82. The molecule has 0 spiro atoms. The average molecular weight is 441 g/mol. The van der Waals surface area contributed by atoms with Gasteiger partial charge in [-0.05, 0) is 48.0 Å². The quantitative estimate of drug-likeness (QED) is 0.461. The molecule has 1 aliphatic heterocycles. The molecule has 0 saturated heterocycles. The Labute approximate surface area is 183 Å². The van der Waals surface area contributed by atoms with E-state index < -0.39 is 5.82 Å². The Bertz CT molecular complexity index is 1170. The van der Waals surface area contributed by atoms with Crippen LogP contribution >= 0.6 is 11.6 Å². The van der Waals surface area contributed by atoms with Crippen molar-refractivity contribution in [1.29, 1.82) is 0 Å². The first-order valence-electron chi connectivity index (χ1n) is 9.36. The molecule has 0 fully saturated rings. The van der Waals surface area contributed by atoms with E-state index in [1.165, 1.54) is 19.2 Å². The molecule has 1 aliphatic rings. The maximum Gasteiger partial charge on any atom is 0.231 e. The summed E-state index contributed by atoms with van der Waals surface area (Å²) >= 11 is 6.03. The molecule has 0 radical (unpaired) electrons. The van der Waals surface area contributed by atoms with E-state index in [1.807, 2.05) is 0 Å². The highest BCUT2D eigenvalue weighted by Gasteiger charge is 2.28. The Hall–Kier alpha value is -3.51. The van der Waals surface area contributed by atoms with Crippen LogP contribution in [0.3, 0.4) is 0 Å². The minimum Gasteiger partial charge on any atom is -0.493 e. The molecule has 7 heteroatoms. The molecule has 0 amide bonds. The van der Waals surface area contributed by atoms with Crippen LogP contribution in [0.4, 0.5) is 4.39 Å². The van der Waals surface area contributed by atoms with Gasteiger partial charge in [0, 0.05) is 11.6 Å². The van der Waals surface area contributed by atoms with Crippen molar-refractivity contribution in [2.45, 2.75) is 6.61 Å². The molecule has 1 heterocycles. The first kappa shape index (κ1) is 20.8. The van der Waals surface area contributed by atoms with Gasteiger partial charge in [0.25, 0.3) is 0 Å². The van der Waals surface area contributed by atoms with Gasteiger partial charge < -0.3 is 18.9 Å². The molecule has 0 aromatic heterocycles. The zero-order chi connectivity index (χ0) is 22.0. The second-order valence-electron chi connectivity index (χ2n) is 6.70. The number of methoxy groups -OCH3 is 2. The maximum atomic E-state index is 13.9. The maximum absolute atomic E-state index is 13.9. The van der Waals surface area contributed by atoms with E-state index >= 15 is 0 Å². The van der Waals surface area contributed by atoms with Gasteiger partial charge in [-0.1, -0.05) is 23.7 Å². The van der Waals surface area contributed by atoms with Crippen LogP contribution in [-0.2, 0) is 6.61 Å². The van der Waals surface area contributed by atoms with Crippen molar-refractivity contribution in [2.24, 2.45) is 0 Å². The molecule has 0 unspecified atom stereocenters. The predicted octanol–water partition coefficient (Wildman–Crippen LogP) is 5.69. The number of ketones is 1. The lowest BCUT2D eigenvalue weighted by atomic mass is 10.1. The summed E-state index contributed by atoms with van der Waals surface area (Å²) in [5.74, 6) is 1.42. The van der Waals surface area contributed by atoms with Gasteiger partial charge in [-0.25, -0.2) is 4.39 Å². The van der Waals surface area contributed by atoms with E-state index in [1.54, 1.807) is 55.7 Å². The number of hydrogen-bond acceptors (Lipinski definition) is 5. The normalized spacial score (nSPS) is 13.7. The smallest absolute Gasteiger partial charge is 0.231 e. The molecule has 3 aromatic rings. The standard InChI is InChI=1S/C24H18ClFO5/c1-28-20-9-6-14(10-22(20)29-2)11-23-24(27)16-8-7-15(12-21(16)31-23)30-13-17-18(25)4-3-5-19(17)26/h3-12H,13H2,1-2H3/b23-11-. The third kappa shape index (κ3) is 4.20. The van der Waals surface area contributed by atoms with E-state index in [4.69, 9.17) is 30.5 Å². The molecule has 31 heavy (non-hydrogen) atoms. The first-order chi connectivity index (χ1) is 15.0. The number of benzene rings is 3. The topological polar surface area (TPSA) is 54.0 Å². The van der Waals surface area contributed by atoms with Crippen molar-refractivity contribution < 1.29 is 28.1 Å². The summed E-state index contributed by atoms with van der Waals surface area (Å²) in [6.07, 6.45) is 1.63. The van der Waals surface area contributed by atoms with Gasteiger partial charge in [0.05, 0.1) is 24.8 Å². The van der Waals surface area contributed by atoms with Gasteiger partial charge in [-0.3, -0.25) is 4.79 Å². The predicted molar refractivity (Wildman–Crippen MR) is 115 cm³/mol. The fraction of sp³-hybridized carbons (Fsp3) is 0.125. The van der Waals surface area contributed by atoms with E-state index in [-0.39, 0.29) is 28.7 Å². The van der Waals surface area contributed by atoms with Crippen LogP contribution in [0.2, 0.25) is 5.02 Å². The van der Waals surface area contributed by atoms with Crippen LogP contribution in [0.5, 0.6) is 23.0 Å². The van der Waals surface area contributed by atoms with E-state index in [0.29, 0.717) is 28.6 Å². The van der Waals surface area contributed by atoms with Gasteiger partial charge in [0.15, 0.2) is 17.3 Å². The fourth-order valence-electron chi connectivity index (χ4n) is 3.18. The number of carbonyl (C=O) groups excluding carboxylic acids is 1. The second kappa shape index (κ2) is 8.70. The van der Waals surface area contributed by atoms with Crippen molar-refractivity contribution >= 4 is 23.5 Å². The molecule has 0 aliphatic carbocycles. The van der Waals surface area contributed by atoms with Gasteiger partial charge in [-0.15, -0.1) is 0 Å². The molecule has 158 valence electrons. The van der Waals surface area contributed by atoms with Gasteiger partial charge in [-0.2, -0.15) is 0 Å². The third-order valence-corrected chi connectivity index (χ3v) is 5.15. The third-order valence-electron chi connectivity index (χ3n) is 4.79. The second-order valence-corrected chi connectivity index (χ2v) is 7.11. The number of carbonyl (C=O) groups is 1. The molecule has 4 rings (SSSR count). The van der Waals surface area contributed by atoms with Gasteiger partial charge in [0.2, 0.25) is 5.78 Å². The van der Waals surface area contributed by atoms with Crippen LogP contribution < -0.4 is 18.9 Å². The molecule has 0 saturated carbocycles. The highest BCUT2D eigenvalue weighted by Crippen LogP contribution is 2.36. The number of rotatable bonds is 6. The molecule has 0 atom stereocenters. The molecule has 0 N–H and O–H groups in total. The van der Waals surface area contributed by atoms with Crippen LogP contribution in [0, 0.1) is 5.82 Å². The minimum atomic E-state index is -0.444. The summed E-state index contributed by atoms with van der Waals surface area (Å²) in [4.78, 5) is 12.7. The summed E-state index contributed by atoms with van der Waals surface area (Å²) in [5, 5.41) is 0.285. The first-order valence-corrected chi connectivity index (χ1v) is 9.74. The molecular weight excluding hydrogens is 423 g/mol. The van der Waals surface area contributed by atoms with E-state index in [2.05, 4.69) is 0 Å². The Balaban J connectivity index is 1.54. The zero-order valence-electron chi connectivity index (χ0n) is 16.8. The number of ether oxygens (including phenoxy) is 4. The van der Waals surface area contributed by atoms with E-state index in [0.717, 1.165) is 5.56 Å². The SMILES string of the molecule is COc1ccc(/C=C2\Oc3cc(OCc4c(F)cccc4Cl)ccc3C2=O)cc1OC. The van der Waals surface area contributed by atoms with Crippen LogP contribution in [0.25, 0.3) is 6.08 Å². The largest absolute Gasteiger partial charge is 0.493 e. The van der Waals surface area contributed by atoms with Crippen molar-refractivity contribution in [3.05, 3.63) is 87.9 Å². The summed E-state index contributed by atoms with van der Waals surface area (Å²) in [7, 11) is 3.09. The van der Waals surface area contributed by atoms with Crippen molar-refractivity contribution in [2.75, 3.05) is 14.2 Å². The van der Waals surface area contributed by atoms with Crippen molar-refractivity contribution in [3.8, 4) is 23.0 Å². The Morgan fingerprint density at radius 3 is 2.58 bits per heavy atom. The summed E-state index contributed by atoms with van der Waals surface area (Å²) in [6.45, 7) is -0.0490. The Morgan fingerprint density at radius 2 is 1.84 bits per heavy atom. The number of halogens is 2. The molecule has 0 bridgehead atoms. The minimum absolute atomic E-state index is 0.0490. The Morgan fingerprint density at radius 1 is 1.03 bits per heavy atom. The summed E-state index contributed by atoms with van der Waals surface area (Å²) < 4.78 is 35.9. The monoisotopic (exact) mass is 440 g/mol. The zero-order valence-corrected chi connectivity index (χ0v) is 17.5. The highest BCUT2D eigenvalue weighted by atomic mass is 35.5. The molecule has 5 nitrogen and oxygen atoms in total. The van der Waals surface area contributed by atoms with Gasteiger partial charge in [0.1, 0.15) is 23.9 Å². The number of allylic oxidation sites excluding steroid dienone is 1. The summed E-state index contributed by atoms with van der Waals surface area (Å²) in [5.41, 5.74) is 1.40. The lowest BCUT2D eigenvalue weighted by Crippen LogP contribution is -1.99. The molecular formula is C24H18ClFO5. The lowest BCUT2D eigenvalue weighted by Gasteiger charge is -2.09. The number of Topliss-reactive ketones (excluding diaryl/α,β-unsaturated/α-hetero) is 1. The van der Waals surface area contributed by atoms with Gasteiger partial charge >= 0.3 is 0 Å². The average Bonchev–Trinajstić information content (AvgIpc) is 3.07. The van der Waals surface area contributed by atoms with Crippen molar-refractivity contribution in [3.63, 3.8) is 0 Å². The number of fused-ring (bicyclic) bond motifs is 1. The van der Waals surface area contributed by atoms with Crippen LogP contribution in [-0.4, -0.2) is 20.0 Å². The summed E-state index contributed by atoms with van der Waals surface area (Å²) in [6, 6.07) is 14.6. The van der Waals surface area contributed by atoms with Crippen molar-refractivity contribution in [1.82, 2.24) is 0 Å². The number of hydrogen-bond donors (Lipinski definition) is 0. The highest BCUT2D eigenvalue weighted by molar-refractivity contribution is 6.31. The van der Waals surface area contributed by atoms with Crippen LogP contribution in [0.15, 0.2) is 60.4 Å². The fourth-order valence-corrected chi connectivity index (χ4v) is 3.39.